The first-order valence-corrected chi connectivity index (χ1v) is 7.57. The van der Waals surface area contributed by atoms with E-state index in [1.807, 2.05) is 18.2 Å². The lowest BCUT2D eigenvalue weighted by atomic mass is 9.86. The van der Waals surface area contributed by atoms with Gasteiger partial charge in [-0.05, 0) is 17.0 Å². The number of carbonyl (C=O) groups excluding carboxylic acids is 1. The van der Waals surface area contributed by atoms with Crippen LogP contribution >= 0.6 is 0 Å². The molecule has 1 aromatic rings. The van der Waals surface area contributed by atoms with Crippen LogP contribution in [0.3, 0.4) is 0 Å². The van der Waals surface area contributed by atoms with Crippen LogP contribution < -0.4 is 4.74 Å². The van der Waals surface area contributed by atoms with Gasteiger partial charge in [0.25, 0.3) is 0 Å². The number of hydrogen-bond acceptors (Lipinski definition) is 3. The van der Waals surface area contributed by atoms with Crippen LogP contribution in [0.25, 0.3) is 0 Å². The minimum atomic E-state index is -1.39. The van der Waals surface area contributed by atoms with Gasteiger partial charge >= 0.3 is 11.9 Å². The lowest BCUT2D eigenvalue weighted by molar-refractivity contribution is -0.156. The van der Waals surface area contributed by atoms with Crippen molar-refractivity contribution >= 4 is 11.9 Å². The van der Waals surface area contributed by atoms with Crippen molar-refractivity contribution in [2.75, 3.05) is 13.1 Å². The van der Waals surface area contributed by atoms with Crippen LogP contribution in [0, 0.1) is 0 Å². The van der Waals surface area contributed by atoms with E-state index in [0.29, 0.717) is 25.9 Å². The molecular formula is C17H23NO4. The van der Waals surface area contributed by atoms with Crippen LogP contribution in [0.4, 0.5) is 0 Å². The molecule has 1 amide bonds. The number of aliphatic carboxylic acids is 1. The number of benzene rings is 1. The summed E-state index contributed by atoms with van der Waals surface area (Å²) in [6, 6.07) is 7.99. The van der Waals surface area contributed by atoms with Gasteiger partial charge in [-0.25, -0.2) is 4.79 Å². The highest BCUT2D eigenvalue weighted by Gasteiger charge is 2.28. The number of ether oxygens (including phenoxy) is 1. The Morgan fingerprint density at radius 1 is 1.18 bits per heavy atom. The number of para-hydroxylation sites is 1. The Morgan fingerprint density at radius 2 is 1.77 bits per heavy atom. The Morgan fingerprint density at radius 3 is 2.32 bits per heavy atom. The first kappa shape index (κ1) is 16.3. The fraction of sp³-hybridized carbons (Fsp3) is 0.529. The third-order valence-electron chi connectivity index (χ3n) is 3.90. The molecule has 1 aromatic carbocycles. The molecular weight excluding hydrogens is 282 g/mol. The van der Waals surface area contributed by atoms with E-state index in [1.54, 1.807) is 0 Å². The van der Waals surface area contributed by atoms with Gasteiger partial charge < -0.3 is 14.7 Å². The van der Waals surface area contributed by atoms with Gasteiger partial charge in [0.05, 0.1) is 0 Å². The molecule has 5 heteroatoms. The van der Waals surface area contributed by atoms with E-state index in [0.717, 1.165) is 11.3 Å². The molecule has 2 rings (SSSR count). The van der Waals surface area contributed by atoms with Gasteiger partial charge in [-0.3, -0.25) is 4.79 Å². The monoisotopic (exact) mass is 305 g/mol. The summed E-state index contributed by atoms with van der Waals surface area (Å²) in [5.41, 5.74) is 1.15. The van der Waals surface area contributed by atoms with Gasteiger partial charge in [0, 0.05) is 25.9 Å². The minimum Gasteiger partial charge on any atom is -0.490 e. The maximum absolute atomic E-state index is 11.4. The fourth-order valence-corrected chi connectivity index (χ4v) is 2.68. The topological polar surface area (TPSA) is 66.8 Å². The summed E-state index contributed by atoms with van der Waals surface area (Å²) in [7, 11) is 0. The number of likely N-dealkylation sites (tertiary alicyclic amines) is 1. The van der Waals surface area contributed by atoms with Gasteiger partial charge in [-0.15, -0.1) is 0 Å². The van der Waals surface area contributed by atoms with E-state index in [1.165, 1.54) is 4.90 Å². The van der Waals surface area contributed by atoms with Crippen LogP contribution in [0.5, 0.6) is 5.75 Å². The predicted octanol–water partition coefficient (Wildman–Crippen LogP) is 2.44. The van der Waals surface area contributed by atoms with Crippen molar-refractivity contribution in [2.24, 2.45) is 0 Å². The second-order valence-corrected chi connectivity index (χ2v) is 6.66. The van der Waals surface area contributed by atoms with Crippen LogP contribution in [-0.4, -0.2) is 41.1 Å². The molecule has 0 spiro atoms. The standard InChI is InChI=1S/C17H23NO4/c1-17(2,3)13-6-4-5-7-14(13)22-12-8-10-18(11-9-12)15(19)16(20)21/h4-7,12H,8-11H2,1-3H3,(H,20,21). The molecule has 1 heterocycles. The number of amides is 1. The number of nitrogens with zero attached hydrogens (tertiary/aromatic N) is 1. The number of carbonyl (C=O) groups is 2. The van der Waals surface area contributed by atoms with E-state index in [-0.39, 0.29) is 11.5 Å². The molecule has 120 valence electrons. The molecule has 22 heavy (non-hydrogen) atoms. The van der Waals surface area contributed by atoms with Gasteiger partial charge in [0.2, 0.25) is 0 Å². The van der Waals surface area contributed by atoms with Gasteiger partial charge in [-0.2, -0.15) is 0 Å². The van der Waals surface area contributed by atoms with Crippen molar-refractivity contribution in [3.8, 4) is 5.75 Å². The predicted molar refractivity (Wildman–Crippen MR) is 83.0 cm³/mol. The highest BCUT2D eigenvalue weighted by molar-refractivity contribution is 6.31. The van der Waals surface area contributed by atoms with E-state index in [9.17, 15) is 9.59 Å². The van der Waals surface area contributed by atoms with Crippen molar-refractivity contribution in [1.82, 2.24) is 4.90 Å². The molecule has 1 aliphatic heterocycles. The quantitative estimate of drug-likeness (QED) is 0.852. The number of carboxylic acids is 1. The first-order valence-electron chi connectivity index (χ1n) is 7.57. The molecule has 1 fully saturated rings. The highest BCUT2D eigenvalue weighted by Crippen LogP contribution is 2.32. The zero-order valence-corrected chi connectivity index (χ0v) is 13.3. The average Bonchev–Trinajstić information content (AvgIpc) is 2.46. The highest BCUT2D eigenvalue weighted by atomic mass is 16.5. The molecule has 0 atom stereocenters. The summed E-state index contributed by atoms with van der Waals surface area (Å²) in [4.78, 5) is 23.5. The summed E-state index contributed by atoms with van der Waals surface area (Å²) in [6.07, 6.45) is 1.32. The largest absolute Gasteiger partial charge is 0.490 e. The average molecular weight is 305 g/mol. The van der Waals surface area contributed by atoms with Gasteiger partial charge in [-0.1, -0.05) is 39.0 Å². The molecule has 0 radical (unpaired) electrons. The second kappa shape index (κ2) is 6.38. The molecule has 0 aliphatic carbocycles. The Bertz CT molecular complexity index is 554. The van der Waals surface area contributed by atoms with E-state index >= 15 is 0 Å². The summed E-state index contributed by atoms with van der Waals surface area (Å²) in [6.45, 7) is 7.27. The fourth-order valence-electron chi connectivity index (χ4n) is 2.68. The molecule has 0 unspecified atom stereocenters. The number of rotatable bonds is 2. The van der Waals surface area contributed by atoms with Crippen molar-refractivity contribution in [3.05, 3.63) is 29.8 Å². The Hall–Kier alpha value is -2.04. The molecule has 0 bridgehead atoms. The Labute approximate surface area is 130 Å². The van der Waals surface area contributed by atoms with E-state index in [4.69, 9.17) is 9.84 Å². The van der Waals surface area contributed by atoms with Crippen molar-refractivity contribution < 1.29 is 19.4 Å². The third kappa shape index (κ3) is 3.78. The lowest BCUT2D eigenvalue weighted by Gasteiger charge is -2.32. The van der Waals surface area contributed by atoms with Gasteiger partial charge in [0.1, 0.15) is 11.9 Å². The van der Waals surface area contributed by atoms with E-state index < -0.39 is 11.9 Å². The first-order chi connectivity index (χ1) is 10.3. The number of piperidine rings is 1. The maximum Gasteiger partial charge on any atom is 0.394 e. The summed E-state index contributed by atoms with van der Waals surface area (Å²) >= 11 is 0. The summed E-state index contributed by atoms with van der Waals surface area (Å²) in [5, 5.41) is 8.74. The molecule has 0 saturated carbocycles. The van der Waals surface area contributed by atoms with E-state index in [2.05, 4.69) is 26.8 Å². The van der Waals surface area contributed by atoms with Crippen molar-refractivity contribution in [1.29, 1.82) is 0 Å². The summed E-state index contributed by atoms with van der Waals surface area (Å²) < 4.78 is 6.12. The zero-order valence-electron chi connectivity index (χ0n) is 13.3. The Kier molecular flexibility index (Phi) is 4.74. The van der Waals surface area contributed by atoms with Crippen molar-refractivity contribution in [3.63, 3.8) is 0 Å². The normalized spacial score (nSPS) is 16.4. The maximum atomic E-state index is 11.4. The summed E-state index contributed by atoms with van der Waals surface area (Å²) in [5.74, 6) is -1.34. The SMILES string of the molecule is CC(C)(C)c1ccccc1OC1CCN(C(=O)C(=O)O)CC1. The van der Waals surface area contributed by atoms with Gasteiger partial charge in [0.15, 0.2) is 0 Å². The van der Waals surface area contributed by atoms with Crippen LogP contribution in [0.1, 0.15) is 39.2 Å². The smallest absolute Gasteiger partial charge is 0.394 e. The molecule has 5 nitrogen and oxygen atoms in total. The molecule has 1 saturated heterocycles. The molecule has 0 aromatic heterocycles. The number of carboxylic acid groups (broad SMARTS) is 1. The van der Waals surface area contributed by atoms with Crippen LogP contribution in [-0.2, 0) is 15.0 Å². The molecule has 1 N–H and O–H groups in total. The zero-order chi connectivity index (χ0) is 16.3. The Balaban J connectivity index is 2.00. The van der Waals surface area contributed by atoms with Crippen LogP contribution in [0.2, 0.25) is 0 Å². The number of hydrogen-bond donors (Lipinski definition) is 1. The third-order valence-corrected chi connectivity index (χ3v) is 3.90. The molecule has 1 aliphatic rings. The lowest BCUT2D eigenvalue weighted by Crippen LogP contribution is -2.44. The second-order valence-electron chi connectivity index (χ2n) is 6.66. The van der Waals surface area contributed by atoms with Crippen LogP contribution in [0.15, 0.2) is 24.3 Å². The van der Waals surface area contributed by atoms with Crippen molar-refractivity contribution in [2.45, 2.75) is 45.1 Å². The minimum absolute atomic E-state index is 0.00340.